The Morgan fingerprint density at radius 1 is 1.30 bits per heavy atom. The minimum atomic E-state index is -0.845. The number of nitrogens with one attached hydrogen (secondary N) is 1. The Morgan fingerprint density at radius 3 is 2.75 bits per heavy atom. The lowest BCUT2D eigenvalue weighted by molar-refractivity contribution is -0.119. The number of nitrogens with two attached hydrogens (primary N) is 1. The molecule has 2 rings (SSSR count). The maximum absolute atomic E-state index is 11.2. The first-order chi connectivity index (χ1) is 9.65. The number of primary amides is 1. The number of carbonyl (C=O) groups excluding carboxylic acids is 2. The normalized spacial score (nSPS) is 10.2. The molecule has 1 aromatic carbocycles. The Kier molecular flexibility index (Phi) is 4.78. The van der Waals surface area contributed by atoms with Crippen LogP contribution in [0.25, 0.3) is 11.3 Å². The molecule has 6 nitrogen and oxygen atoms in total. The van der Waals surface area contributed by atoms with Crippen molar-refractivity contribution in [2.45, 2.75) is 11.6 Å². The van der Waals surface area contributed by atoms with Crippen LogP contribution in [0, 0.1) is 0 Å². The Morgan fingerprint density at radius 2 is 2.05 bits per heavy atom. The number of carbonyl (C=O) groups is 2. The van der Waals surface area contributed by atoms with E-state index in [-0.39, 0.29) is 6.42 Å². The highest BCUT2D eigenvalue weighted by Gasteiger charge is 2.08. The predicted octanol–water partition coefficient (Wildman–Crippen LogP) is 2.02. The number of hydrogen-bond donors (Lipinski definition) is 2. The van der Waals surface area contributed by atoms with Crippen LogP contribution in [-0.4, -0.2) is 22.7 Å². The fourth-order valence-corrected chi connectivity index (χ4v) is 2.23. The van der Waals surface area contributed by atoms with Gasteiger partial charge in [0.1, 0.15) is 0 Å². The van der Waals surface area contributed by atoms with E-state index in [1.165, 1.54) is 11.8 Å². The number of oxazole rings is 1. The van der Waals surface area contributed by atoms with Crippen LogP contribution in [0.1, 0.15) is 6.42 Å². The molecule has 0 aliphatic rings. The molecule has 3 amide bonds. The van der Waals surface area contributed by atoms with Crippen molar-refractivity contribution >= 4 is 23.7 Å². The van der Waals surface area contributed by atoms with Gasteiger partial charge in [-0.2, -0.15) is 0 Å². The van der Waals surface area contributed by atoms with Gasteiger partial charge in [-0.25, -0.2) is 9.78 Å². The number of urea groups is 1. The van der Waals surface area contributed by atoms with E-state index in [4.69, 9.17) is 10.2 Å². The molecule has 7 heteroatoms. The van der Waals surface area contributed by atoms with E-state index >= 15 is 0 Å². The van der Waals surface area contributed by atoms with Gasteiger partial charge in [-0.05, 0) is 0 Å². The van der Waals surface area contributed by atoms with Gasteiger partial charge in [0.25, 0.3) is 5.22 Å². The molecule has 0 aliphatic heterocycles. The van der Waals surface area contributed by atoms with Crippen LogP contribution in [0.2, 0.25) is 0 Å². The molecule has 0 spiro atoms. The summed E-state index contributed by atoms with van der Waals surface area (Å²) in [5.41, 5.74) is 5.78. The van der Waals surface area contributed by atoms with Crippen molar-refractivity contribution in [2.75, 3.05) is 5.75 Å². The van der Waals surface area contributed by atoms with Gasteiger partial charge in [-0.1, -0.05) is 42.1 Å². The minimum Gasteiger partial charge on any atom is -0.431 e. The molecule has 0 unspecified atom stereocenters. The molecular weight excluding hydrogens is 278 g/mol. The Bertz CT molecular complexity index is 598. The summed E-state index contributed by atoms with van der Waals surface area (Å²) in [5.74, 6) is 0.711. The number of hydrogen-bond acceptors (Lipinski definition) is 5. The van der Waals surface area contributed by atoms with Gasteiger partial charge in [-0.3, -0.25) is 10.1 Å². The Hall–Kier alpha value is -2.28. The fourth-order valence-electron chi connectivity index (χ4n) is 1.49. The molecule has 2 aromatic rings. The van der Waals surface area contributed by atoms with Crippen LogP contribution in [0.3, 0.4) is 0 Å². The number of amides is 3. The number of benzene rings is 1. The number of nitrogens with zero attached hydrogens (tertiary/aromatic N) is 1. The third-order valence-electron chi connectivity index (χ3n) is 2.36. The van der Waals surface area contributed by atoms with Crippen LogP contribution < -0.4 is 11.1 Å². The standard InChI is InChI=1S/C13H13N3O3S/c14-12(18)16-11(17)6-7-20-13-15-8-10(19-13)9-4-2-1-3-5-9/h1-5,8H,6-7H2,(H3,14,16,17,18). The van der Waals surface area contributed by atoms with Gasteiger partial charge in [0.05, 0.1) is 6.20 Å². The summed E-state index contributed by atoms with van der Waals surface area (Å²) in [6.45, 7) is 0. The SMILES string of the molecule is NC(=O)NC(=O)CCSc1ncc(-c2ccccc2)o1. The van der Waals surface area contributed by atoms with Crippen LogP contribution in [0.5, 0.6) is 0 Å². The quantitative estimate of drug-likeness (QED) is 0.821. The second-order valence-electron chi connectivity index (χ2n) is 3.87. The molecule has 3 N–H and O–H groups in total. The van der Waals surface area contributed by atoms with Crippen LogP contribution in [-0.2, 0) is 4.79 Å². The van der Waals surface area contributed by atoms with E-state index < -0.39 is 11.9 Å². The maximum Gasteiger partial charge on any atom is 0.318 e. The minimum absolute atomic E-state index is 0.163. The zero-order valence-corrected chi connectivity index (χ0v) is 11.4. The lowest BCUT2D eigenvalue weighted by Crippen LogP contribution is -2.35. The van der Waals surface area contributed by atoms with E-state index in [0.29, 0.717) is 16.7 Å². The zero-order valence-electron chi connectivity index (χ0n) is 10.5. The monoisotopic (exact) mass is 291 g/mol. The molecule has 20 heavy (non-hydrogen) atoms. The van der Waals surface area contributed by atoms with Crippen molar-refractivity contribution in [3.8, 4) is 11.3 Å². The average molecular weight is 291 g/mol. The van der Waals surface area contributed by atoms with E-state index in [0.717, 1.165) is 5.56 Å². The lowest BCUT2D eigenvalue weighted by atomic mass is 10.2. The molecule has 0 radical (unpaired) electrons. The summed E-state index contributed by atoms with van der Waals surface area (Å²) in [7, 11) is 0. The van der Waals surface area contributed by atoms with Gasteiger partial charge in [-0.15, -0.1) is 0 Å². The number of aromatic nitrogens is 1. The van der Waals surface area contributed by atoms with E-state index in [2.05, 4.69) is 4.98 Å². The van der Waals surface area contributed by atoms with Crippen molar-refractivity contribution in [1.82, 2.24) is 10.3 Å². The molecule has 0 saturated carbocycles. The summed E-state index contributed by atoms with van der Waals surface area (Å²) in [6.07, 6.45) is 1.80. The summed E-state index contributed by atoms with van der Waals surface area (Å²) >= 11 is 1.30. The van der Waals surface area contributed by atoms with Crippen LogP contribution in [0.15, 0.2) is 46.2 Å². The Balaban J connectivity index is 1.85. The van der Waals surface area contributed by atoms with E-state index in [1.807, 2.05) is 35.6 Å². The number of rotatable bonds is 5. The molecule has 1 heterocycles. The third-order valence-corrected chi connectivity index (χ3v) is 3.20. The second kappa shape index (κ2) is 6.76. The second-order valence-corrected chi connectivity index (χ2v) is 4.91. The third kappa shape index (κ3) is 4.13. The molecular formula is C13H13N3O3S. The lowest BCUT2D eigenvalue weighted by Gasteiger charge is -1.99. The molecule has 0 atom stereocenters. The van der Waals surface area contributed by atoms with Crippen LogP contribution >= 0.6 is 11.8 Å². The van der Waals surface area contributed by atoms with Gasteiger partial charge in [0, 0.05) is 17.7 Å². The van der Waals surface area contributed by atoms with Crippen molar-refractivity contribution in [1.29, 1.82) is 0 Å². The first kappa shape index (κ1) is 14.1. The predicted molar refractivity (Wildman–Crippen MR) is 75.0 cm³/mol. The van der Waals surface area contributed by atoms with Crippen LogP contribution in [0.4, 0.5) is 4.79 Å². The molecule has 1 aromatic heterocycles. The molecule has 0 bridgehead atoms. The van der Waals surface area contributed by atoms with E-state index in [9.17, 15) is 9.59 Å². The fraction of sp³-hybridized carbons (Fsp3) is 0.154. The number of imide groups is 1. The van der Waals surface area contributed by atoms with Gasteiger partial charge >= 0.3 is 6.03 Å². The largest absolute Gasteiger partial charge is 0.431 e. The average Bonchev–Trinajstić information content (AvgIpc) is 2.88. The van der Waals surface area contributed by atoms with Crippen molar-refractivity contribution in [3.63, 3.8) is 0 Å². The molecule has 0 saturated heterocycles. The van der Waals surface area contributed by atoms with Gasteiger partial charge < -0.3 is 10.2 Å². The van der Waals surface area contributed by atoms with Gasteiger partial charge in [0.2, 0.25) is 5.91 Å². The van der Waals surface area contributed by atoms with Crippen molar-refractivity contribution < 1.29 is 14.0 Å². The summed E-state index contributed by atoms with van der Waals surface area (Å²) in [4.78, 5) is 25.8. The van der Waals surface area contributed by atoms with E-state index in [1.54, 1.807) is 6.20 Å². The maximum atomic E-state index is 11.2. The number of thioether (sulfide) groups is 1. The van der Waals surface area contributed by atoms with Gasteiger partial charge in [0.15, 0.2) is 5.76 Å². The summed E-state index contributed by atoms with van der Waals surface area (Å²) in [5, 5.41) is 2.48. The first-order valence-corrected chi connectivity index (χ1v) is 6.87. The highest BCUT2D eigenvalue weighted by molar-refractivity contribution is 7.99. The highest BCUT2D eigenvalue weighted by Crippen LogP contribution is 2.25. The van der Waals surface area contributed by atoms with Crippen molar-refractivity contribution in [2.24, 2.45) is 5.73 Å². The van der Waals surface area contributed by atoms with Crippen molar-refractivity contribution in [3.05, 3.63) is 36.5 Å². The summed E-state index contributed by atoms with van der Waals surface area (Å²) in [6, 6.07) is 8.76. The smallest absolute Gasteiger partial charge is 0.318 e. The zero-order chi connectivity index (χ0) is 14.4. The Labute approximate surface area is 119 Å². The first-order valence-electron chi connectivity index (χ1n) is 5.88. The molecule has 0 aliphatic carbocycles. The molecule has 104 valence electrons. The summed E-state index contributed by atoms with van der Waals surface area (Å²) < 4.78 is 5.56. The highest BCUT2D eigenvalue weighted by atomic mass is 32.2. The molecule has 0 fully saturated rings. The topological polar surface area (TPSA) is 98.2 Å².